The van der Waals surface area contributed by atoms with Crippen LogP contribution in [0.1, 0.15) is 61.3 Å². The Morgan fingerprint density at radius 2 is 1.59 bits per heavy atom. The fourth-order valence-corrected chi connectivity index (χ4v) is 10.3. The molecule has 0 amide bonds. The predicted molar refractivity (Wildman–Crippen MR) is 92.4 cm³/mol. The van der Waals surface area contributed by atoms with Crippen LogP contribution >= 0.6 is 13.0 Å². The van der Waals surface area contributed by atoms with Gasteiger partial charge in [0.1, 0.15) is 0 Å². The Morgan fingerprint density at radius 3 is 1.88 bits per heavy atom. The van der Waals surface area contributed by atoms with Crippen LogP contribution in [0.3, 0.4) is 0 Å². The van der Waals surface area contributed by atoms with Crippen LogP contribution in [-0.4, -0.2) is 16.5 Å². The van der Waals surface area contributed by atoms with Gasteiger partial charge < -0.3 is 0 Å². The van der Waals surface area contributed by atoms with Gasteiger partial charge in [-0.05, 0) is 12.6 Å². The van der Waals surface area contributed by atoms with E-state index < -0.39 is 13.0 Å². The van der Waals surface area contributed by atoms with E-state index in [-0.39, 0.29) is 10.3 Å². The highest BCUT2D eigenvalue weighted by molar-refractivity contribution is 8.19. The maximum atomic E-state index is 6.01. The van der Waals surface area contributed by atoms with Gasteiger partial charge in [0.2, 0.25) is 0 Å². The zero-order chi connectivity index (χ0) is 13.9. The average molecular weight is 313 g/mol. The third-order valence-electron chi connectivity index (χ3n) is 2.87. The second-order valence-corrected chi connectivity index (χ2v) is 16.1. The van der Waals surface area contributed by atoms with Gasteiger partial charge in [0.15, 0.2) is 0 Å². The summed E-state index contributed by atoms with van der Waals surface area (Å²) < 4.78 is 0. The summed E-state index contributed by atoms with van der Waals surface area (Å²) in [4.78, 5) is 3.75. The molecule has 0 aliphatic rings. The first kappa shape index (κ1) is 18.3. The molecular weight excluding hydrogens is 284 g/mol. The highest BCUT2D eigenvalue weighted by Gasteiger charge is 2.33. The SMILES string of the molecule is CCCCP(=S)(N[PH](=S)C(C)(C)C)C(C)(C)C. The first-order chi connectivity index (χ1) is 7.44. The van der Waals surface area contributed by atoms with Crippen molar-refractivity contribution < 1.29 is 0 Å². The fraction of sp³-hybridized carbons (Fsp3) is 1.00. The van der Waals surface area contributed by atoms with Gasteiger partial charge in [-0.2, -0.15) is 0 Å². The third kappa shape index (κ3) is 5.83. The minimum atomic E-state index is -1.55. The molecule has 1 N–H and O–H groups in total. The molecule has 5 heteroatoms. The zero-order valence-electron chi connectivity index (χ0n) is 12.4. The molecule has 0 aromatic rings. The van der Waals surface area contributed by atoms with Gasteiger partial charge in [0, 0.05) is 23.3 Å². The molecule has 0 aliphatic carbocycles. The Morgan fingerprint density at radius 1 is 1.12 bits per heavy atom. The third-order valence-corrected chi connectivity index (χ3v) is 15.3. The summed E-state index contributed by atoms with van der Waals surface area (Å²) in [6.45, 7) is 14.7. The highest BCUT2D eigenvalue weighted by Crippen LogP contribution is 2.60. The van der Waals surface area contributed by atoms with Gasteiger partial charge >= 0.3 is 0 Å². The Bertz CT molecular complexity index is 313. The van der Waals surface area contributed by atoms with Crippen LogP contribution in [0.5, 0.6) is 0 Å². The summed E-state index contributed by atoms with van der Waals surface area (Å²) in [5.41, 5.74) is 0. The van der Waals surface area contributed by atoms with Gasteiger partial charge in [-0.3, -0.25) is 4.86 Å². The molecule has 0 bridgehead atoms. The van der Waals surface area contributed by atoms with Crippen LogP contribution in [0.4, 0.5) is 0 Å². The van der Waals surface area contributed by atoms with Gasteiger partial charge in [-0.1, -0.05) is 78.5 Å². The molecule has 17 heavy (non-hydrogen) atoms. The van der Waals surface area contributed by atoms with Crippen molar-refractivity contribution in [2.45, 2.75) is 71.6 Å². The van der Waals surface area contributed by atoms with E-state index in [1.54, 1.807) is 0 Å². The van der Waals surface area contributed by atoms with Crippen LogP contribution in [0.25, 0.3) is 0 Å². The lowest BCUT2D eigenvalue weighted by Crippen LogP contribution is -2.27. The van der Waals surface area contributed by atoms with Crippen LogP contribution in [-0.2, 0) is 23.6 Å². The average Bonchev–Trinajstić information content (AvgIpc) is 2.11. The van der Waals surface area contributed by atoms with E-state index in [4.69, 9.17) is 23.6 Å². The van der Waals surface area contributed by atoms with E-state index in [2.05, 4.69) is 53.3 Å². The first-order valence-electron chi connectivity index (χ1n) is 6.36. The minimum Gasteiger partial charge on any atom is -0.260 e. The molecule has 0 aromatic heterocycles. The van der Waals surface area contributed by atoms with Gasteiger partial charge in [0.25, 0.3) is 0 Å². The lowest BCUT2D eigenvalue weighted by atomic mass is 10.3. The van der Waals surface area contributed by atoms with Gasteiger partial charge in [-0.15, -0.1) is 0 Å². The number of hydrogen-bond acceptors (Lipinski definition) is 2. The number of unbranched alkanes of at least 4 members (excludes halogenated alkanes) is 1. The maximum absolute atomic E-state index is 6.01. The summed E-state index contributed by atoms with van der Waals surface area (Å²) >= 11 is 11.7. The normalized spacial score (nSPS) is 18.8. The van der Waals surface area contributed by atoms with Crippen molar-refractivity contribution >= 4 is 36.6 Å². The van der Waals surface area contributed by atoms with Crippen molar-refractivity contribution in [3.05, 3.63) is 0 Å². The van der Waals surface area contributed by atoms with Gasteiger partial charge in [0.05, 0.1) is 0 Å². The van der Waals surface area contributed by atoms with Crippen molar-refractivity contribution in [2.75, 3.05) is 6.16 Å². The Labute approximate surface area is 119 Å². The monoisotopic (exact) mass is 313 g/mol. The summed E-state index contributed by atoms with van der Waals surface area (Å²) in [5.74, 6) is 0. The second kappa shape index (κ2) is 6.62. The smallest absolute Gasteiger partial charge is 0.0213 e. The minimum absolute atomic E-state index is 0.178. The lowest BCUT2D eigenvalue weighted by molar-refractivity contribution is 0.758. The first-order valence-corrected chi connectivity index (χ1v) is 12.0. The predicted octanol–water partition coefficient (Wildman–Crippen LogP) is 4.96. The molecule has 2 atom stereocenters. The molecule has 1 nitrogen and oxygen atoms in total. The number of rotatable bonds is 5. The molecule has 0 spiro atoms. The maximum Gasteiger partial charge on any atom is 0.0213 e. The van der Waals surface area contributed by atoms with Crippen molar-refractivity contribution in [1.29, 1.82) is 0 Å². The van der Waals surface area contributed by atoms with Crippen molar-refractivity contribution in [3.8, 4) is 0 Å². The van der Waals surface area contributed by atoms with E-state index in [1.807, 2.05) is 0 Å². The molecule has 0 saturated heterocycles. The number of nitrogens with one attached hydrogen (secondary N) is 1. The van der Waals surface area contributed by atoms with E-state index >= 15 is 0 Å². The van der Waals surface area contributed by atoms with Crippen LogP contribution in [0, 0.1) is 0 Å². The second-order valence-electron chi connectivity index (χ2n) is 6.68. The lowest BCUT2D eigenvalue weighted by Gasteiger charge is -2.39. The van der Waals surface area contributed by atoms with Crippen LogP contribution < -0.4 is 4.86 Å². The molecule has 0 saturated carbocycles. The summed E-state index contributed by atoms with van der Waals surface area (Å²) in [5, 5.41) is 0.374. The van der Waals surface area contributed by atoms with Crippen LogP contribution in [0.2, 0.25) is 0 Å². The highest BCUT2D eigenvalue weighted by atomic mass is 32.5. The van der Waals surface area contributed by atoms with Crippen molar-refractivity contribution in [3.63, 3.8) is 0 Å². The van der Waals surface area contributed by atoms with E-state index in [0.717, 1.165) is 6.16 Å². The van der Waals surface area contributed by atoms with Crippen molar-refractivity contribution in [1.82, 2.24) is 4.86 Å². The molecular formula is C12H29NP2S2. The molecule has 104 valence electrons. The fourth-order valence-electron chi connectivity index (χ4n) is 1.27. The standard InChI is InChI=1S/C12H29NP2S2/c1-8-9-10-15(17,12(5,6)7)13-14(16)11(2,3)4/h14H,8-10H2,1-7H3,(H,13,16,17). The summed E-state index contributed by atoms with van der Waals surface area (Å²) in [6, 6.07) is 0. The zero-order valence-corrected chi connectivity index (χ0v) is 15.9. The molecule has 0 rings (SSSR count). The van der Waals surface area contributed by atoms with E-state index in [1.165, 1.54) is 12.8 Å². The largest absolute Gasteiger partial charge is 0.260 e. The Kier molecular flexibility index (Phi) is 7.11. The molecule has 0 heterocycles. The summed E-state index contributed by atoms with van der Waals surface area (Å²) in [7, 11) is 0. The molecule has 0 aliphatic heterocycles. The van der Waals surface area contributed by atoms with E-state index in [0.29, 0.717) is 0 Å². The Hall–Kier alpha value is 1.26. The molecule has 0 radical (unpaired) electrons. The van der Waals surface area contributed by atoms with Gasteiger partial charge in [-0.25, -0.2) is 0 Å². The topological polar surface area (TPSA) is 12.0 Å². The molecule has 0 aromatic carbocycles. The molecule has 2 unspecified atom stereocenters. The Balaban J connectivity index is 4.98. The summed E-state index contributed by atoms with van der Waals surface area (Å²) in [6.07, 6.45) is 2.03. The quantitative estimate of drug-likeness (QED) is 0.721. The van der Waals surface area contributed by atoms with Crippen LogP contribution in [0.15, 0.2) is 0 Å². The van der Waals surface area contributed by atoms with Crippen molar-refractivity contribution in [2.24, 2.45) is 0 Å². The van der Waals surface area contributed by atoms with E-state index in [9.17, 15) is 0 Å². The number of hydrogen-bond donors (Lipinski definition) is 1. The molecule has 0 fully saturated rings.